The second-order valence-corrected chi connectivity index (χ2v) is 7.51. The quantitative estimate of drug-likeness (QED) is 0.453. The number of oxime groups is 1. The number of ether oxygens (including phenoxy) is 2. The van der Waals surface area contributed by atoms with Crippen molar-refractivity contribution in [3.63, 3.8) is 0 Å². The first kappa shape index (κ1) is 23.2. The summed E-state index contributed by atoms with van der Waals surface area (Å²) in [5, 5.41) is 16.0. The average Bonchev–Trinajstić information content (AvgIpc) is 2.85. The number of nitrogens with one attached hydrogen (secondary N) is 1. The highest BCUT2D eigenvalue weighted by molar-refractivity contribution is 5.99. The molecule has 0 spiro atoms. The van der Waals surface area contributed by atoms with Gasteiger partial charge in [-0.15, -0.1) is 0 Å². The highest BCUT2D eigenvalue weighted by atomic mass is 16.6. The van der Waals surface area contributed by atoms with Crippen LogP contribution in [0.4, 0.5) is 0 Å². The van der Waals surface area contributed by atoms with E-state index >= 15 is 0 Å². The Morgan fingerprint density at radius 1 is 1.25 bits per heavy atom. The van der Waals surface area contributed by atoms with Gasteiger partial charge in [0.25, 0.3) is 5.91 Å². The number of rotatable bonds is 10. The number of amides is 1. The molecule has 32 heavy (non-hydrogen) atoms. The first-order chi connectivity index (χ1) is 15.7. The minimum Gasteiger partial charge on any atom is -0.468 e. The second kappa shape index (κ2) is 12.4. The molecule has 0 bridgehead atoms. The average molecular weight is 437 g/mol. The van der Waals surface area contributed by atoms with E-state index in [9.17, 15) is 4.79 Å². The summed E-state index contributed by atoms with van der Waals surface area (Å²) in [5.41, 5.74) is 3.12. The molecule has 8 nitrogen and oxygen atoms in total. The molecule has 1 fully saturated rings. The van der Waals surface area contributed by atoms with Gasteiger partial charge in [0.05, 0.1) is 17.3 Å². The highest BCUT2D eigenvalue weighted by Gasteiger charge is 2.15. The van der Waals surface area contributed by atoms with E-state index in [0.717, 1.165) is 42.9 Å². The van der Waals surface area contributed by atoms with Crippen LogP contribution in [-0.4, -0.2) is 43.0 Å². The molecule has 0 atom stereocenters. The summed E-state index contributed by atoms with van der Waals surface area (Å²) in [6.45, 7) is 4.40. The minimum atomic E-state index is -0.158. The number of hydrogen-bond donors (Lipinski definition) is 1. The Kier molecular flexibility index (Phi) is 9.02. The lowest BCUT2D eigenvalue weighted by molar-refractivity contribution is -0.123. The van der Waals surface area contributed by atoms with Crippen molar-refractivity contribution in [1.29, 1.82) is 5.26 Å². The van der Waals surface area contributed by atoms with Crippen LogP contribution >= 0.6 is 0 Å². The molecule has 1 aromatic carbocycles. The summed E-state index contributed by atoms with van der Waals surface area (Å²) < 4.78 is 10.8. The van der Waals surface area contributed by atoms with Crippen molar-refractivity contribution < 1.29 is 19.1 Å². The molecule has 0 saturated carbocycles. The number of carbonyl (C=O) groups is 1. The van der Waals surface area contributed by atoms with Crippen LogP contribution in [0.1, 0.15) is 42.9 Å². The smallest absolute Gasteiger partial charge is 0.258 e. The maximum Gasteiger partial charge on any atom is 0.258 e. The zero-order valence-corrected chi connectivity index (χ0v) is 18.3. The second-order valence-electron chi connectivity index (χ2n) is 7.51. The van der Waals surface area contributed by atoms with Gasteiger partial charge in [0.2, 0.25) is 5.88 Å². The zero-order chi connectivity index (χ0) is 22.6. The molecule has 1 aromatic heterocycles. The normalized spacial score (nSPS) is 14.4. The molecular formula is C24H28N4O4. The maximum absolute atomic E-state index is 12.0. The van der Waals surface area contributed by atoms with E-state index in [0.29, 0.717) is 36.9 Å². The van der Waals surface area contributed by atoms with Crippen LogP contribution < -0.4 is 10.1 Å². The Balaban J connectivity index is 1.44. The van der Waals surface area contributed by atoms with Crippen LogP contribution in [0.2, 0.25) is 0 Å². The maximum atomic E-state index is 12.0. The van der Waals surface area contributed by atoms with Crippen LogP contribution in [0.25, 0.3) is 0 Å². The van der Waals surface area contributed by atoms with Gasteiger partial charge < -0.3 is 19.6 Å². The van der Waals surface area contributed by atoms with Crippen molar-refractivity contribution in [1.82, 2.24) is 10.3 Å². The Morgan fingerprint density at radius 3 is 2.69 bits per heavy atom. The lowest BCUT2D eigenvalue weighted by Gasteiger charge is -2.22. The van der Waals surface area contributed by atoms with Crippen LogP contribution in [0.5, 0.6) is 5.88 Å². The summed E-state index contributed by atoms with van der Waals surface area (Å²) in [7, 11) is 0. The number of pyridine rings is 1. The van der Waals surface area contributed by atoms with Gasteiger partial charge in [0.1, 0.15) is 6.61 Å². The van der Waals surface area contributed by atoms with E-state index in [1.165, 1.54) is 0 Å². The topological polar surface area (TPSA) is 106 Å². The Labute approximate surface area is 188 Å². The monoisotopic (exact) mass is 436 g/mol. The zero-order valence-electron chi connectivity index (χ0n) is 18.3. The fourth-order valence-electron chi connectivity index (χ4n) is 3.22. The molecule has 1 amide bonds. The molecule has 0 unspecified atom stereocenters. The van der Waals surface area contributed by atoms with Gasteiger partial charge in [0.15, 0.2) is 6.61 Å². The third-order valence-corrected chi connectivity index (χ3v) is 5.17. The summed E-state index contributed by atoms with van der Waals surface area (Å²) in [5.74, 6) is 0.689. The number of hydrogen-bond acceptors (Lipinski definition) is 7. The molecule has 1 aliphatic heterocycles. The molecule has 0 aliphatic carbocycles. The molecule has 1 N–H and O–H groups in total. The molecule has 0 radical (unpaired) electrons. The molecule has 168 valence electrons. The van der Waals surface area contributed by atoms with Gasteiger partial charge in [0, 0.05) is 37.6 Å². The van der Waals surface area contributed by atoms with Crippen LogP contribution in [0, 0.1) is 17.2 Å². The van der Waals surface area contributed by atoms with Crippen molar-refractivity contribution in [3.8, 4) is 11.9 Å². The molecule has 3 rings (SSSR count). The third-order valence-electron chi connectivity index (χ3n) is 5.17. The van der Waals surface area contributed by atoms with Crippen LogP contribution in [0.15, 0.2) is 47.8 Å². The van der Waals surface area contributed by atoms with Gasteiger partial charge in [-0.3, -0.25) is 4.79 Å². The number of benzene rings is 1. The number of nitriles is 1. The van der Waals surface area contributed by atoms with Gasteiger partial charge in [-0.1, -0.05) is 24.2 Å². The van der Waals surface area contributed by atoms with E-state index in [1.54, 1.807) is 24.4 Å². The standard InChI is InChI=1S/C24H28N4O4/c1-2-22(28-32-16-20-5-3-18(13-25)4-6-20)21-7-8-24(27-15-21)31-17-23(29)26-14-19-9-11-30-12-10-19/h3-8,15,19H,2,9-12,14,16-17H2,1H3,(H,26,29). The summed E-state index contributed by atoms with van der Waals surface area (Å²) >= 11 is 0. The predicted octanol–water partition coefficient (Wildman–Crippen LogP) is 3.21. The lowest BCUT2D eigenvalue weighted by Crippen LogP contribution is -2.35. The lowest BCUT2D eigenvalue weighted by atomic mass is 10.0. The van der Waals surface area contributed by atoms with Crippen molar-refractivity contribution in [3.05, 3.63) is 59.3 Å². The number of aromatic nitrogens is 1. The fraction of sp³-hybridized carbons (Fsp3) is 0.417. The first-order valence-corrected chi connectivity index (χ1v) is 10.8. The van der Waals surface area contributed by atoms with E-state index in [4.69, 9.17) is 19.6 Å². The predicted molar refractivity (Wildman–Crippen MR) is 119 cm³/mol. The van der Waals surface area contributed by atoms with Crippen molar-refractivity contribution >= 4 is 11.6 Å². The van der Waals surface area contributed by atoms with Crippen LogP contribution in [-0.2, 0) is 21.0 Å². The molecule has 1 saturated heterocycles. The van der Waals surface area contributed by atoms with E-state index in [1.807, 2.05) is 25.1 Å². The number of nitrogens with zero attached hydrogens (tertiary/aromatic N) is 3. The first-order valence-electron chi connectivity index (χ1n) is 10.8. The largest absolute Gasteiger partial charge is 0.468 e. The van der Waals surface area contributed by atoms with Crippen molar-refractivity contribution in [2.45, 2.75) is 32.8 Å². The number of carbonyl (C=O) groups excluding carboxylic acids is 1. The van der Waals surface area contributed by atoms with E-state index in [-0.39, 0.29) is 12.5 Å². The van der Waals surface area contributed by atoms with Gasteiger partial charge in [-0.2, -0.15) is 5.26 Å². The SMILES string of the molecule is CCC(=NOCc1ccc(C#N)cc1)c1ccc(OCC(=O)NCC2CCOCC2)nc1. The van der Waals surface area contributed by atoms with E-state index in [2.05, 4.69) is 21.5 Å². The molecule has 1 aliphatic rings. The van der Waals surface area contributed by atoms with Gasteiger partial charge in [-0.05, 0) is 48.9 Å². The Bertz CT molecular complexity index is 930. The summed E-state index contributed by atoms with van der Waals surface area (Å²) in [6.07, 6.45) is 4.28. The summed E-state index contributed by atoms with van der Waals surface area (Å²) in [4.78, 5) is 21.7. The molecule has 2 heterocycles. The fourth-order valence-corrected chi connectivity index (χ4v) is 3.22. The molecule has 2 aromatic rings. The Hall–Kier alpha value is -3.44. The minimum absolute atomic E-state index is 0.0714. The third kappa shape index (κ3) is 7.36. The highest BCUT2D eigenvalue weighted by Crippen LogP contribution is 2.14. The van der Waals surface area contributed by atoms with Gasteiger partial charge in [-0.25, -0.2) is 4.98 Å². The summed E-state index contributed by atoms with van der Waals surface area (Å²) in [6, 6.07) is 12.8. The van der Waals surface area contributed by atoms with Crippen molar-refractivity contribution in [2.24, 2.45) is 11.1 Å². The van der Waals surface area contributed by atoms with Crippen molar-refractivity contribution in [2.75, 3.05) is 26.4 Å². The van der Waals surface area contributed by atoms with E-state index < -0.39 is 0 Å². The Morgan fingerprint density at radius 2 is 2.03 bits per heavy atom. The molecule has 8 heteroatoms. The molecular weight excluding hydrogens is 408 g/mol. The van der Waals surface area contributed by atoms with Crippen LogP contribution in [0.3, 0.4) is 0 Å². The van der Waals surface area contributed by atoms with Gasteiger partial charge >= 0.3 is 0 Å².